The minimum Gasteiger partial charge on any atom is -0.462 e. The highest BCUT2D eigenvalue weighted by Crippen LogP contribution is 2.69. The smallest absolute Gasteiger partial charge is 0.302 e. The number of Topliss-reactive ketones (excluding diaryl/α,β-unsaturated/α-hetero) is 1. The lowest BCUT2D eigenvalue weighted by Crippen LogP contribution is -2.65. The van der Waals surface area contributed by atoms with Crippen LogP contribution in [-0.2, 0) is 14.3 Å². The number of ether oxygens (including phenoxy) is 1. The van der Waals surface area contributed by atoms with Crippen molar-refractivity contribution in [1.29, 1.82) is 0 Å². The molecule has 5 nitrogen and oxygen atoms in total. The molecule has 3 saturated carbocycles. The van der Waals surface area contributed by atoms with Crippen LogP contribution in [0.4, 0.5) is 0 Å². The lowest BCUT2D eigenvalue weighted by Gasteiger charge is -2.67. The van der Waals surface area contributed by atoms with Crippen LogP contribution in [0.2, 0.25) is 0 Å². The van der Waals surface area contributed by atoms with Gasteiger partial charge in [-0.3, -0.25) is 9.59 Å². The van der Waals surface area contributed by atoms with Gasteiger partial charge in [0.05, 0.1) is 11.7 Å². The lowest BCUT2D eigenvalue weighted by atomic mass is 9.39. The second-order valence-corrected chi connectivity index (χ2v) is 12.8. The van der Waals surface area contributed by atoms with Gasteiger partial charge in [0, 0.05) is 25.2 Å². The summed E-state index contributed by atoms with van der Waals surface area (Å²) in [5, 5.41) is 22.7. The highest BCUT2D eigenvalue weighted by Gasteiger charge is 2.66. The molecule has 8 atom stereocenters. The molecule has 3 fully saturated rings. The molecule has 4 rings (SSSR count). The van der Waals surface area contributed by atoms with Gasteiger partial charge >= 0.3 is 5.97 Å². The third-order valence-corrected chi connectivity index (χ3v) is 10.0. The predicted octanol–water partition coefficient (Wildman–Crippen LogP) is 4.59. The van der Waals surface area contributed by atoms with Crippen molar-refractivity contribution in [3.8, 4) is 0 Å². The van der Waals surface area contributed by atoms with Gasteiger partial charge in [0.25, 0.3) is 0 Å². The van der Waals surface area contributed by atoms with Gasteiger partial charge in [0.1, 0.15) is 6.10 Å². The van der Waals surface area contributed by atoms with E-state index in [1.807, 2.05) is 0 Å². The summed E-state index contributed by atoms with van der Waals surface area (Å²) in [5.74, 6) is 0.0194. The zero-order valence-corrected chi connectivity index (χ0v) is 20.7. The molecule has 0 unspecified atom stereocenters. The zero-order valence-electron chi connectivity index (χ0n) is 20.7. The number of carbonyl (C=O) groups excluding carboxylic acids is 2. The van der Waals surface area contributed by atoms with Gasteiger partial charge in [-0.05, 0) is 79.3 Å². The van der Waals surface area contributed by atoms with Crippen LogP contribution >= 0.6 is 0 Å². The Morgan fingerprint density at radius 2 is 1.84 bits per heavy atom. The van der Waals surface area contributed by atoms with Crippen molar-refractivity contribution in [2.75, 3.05) is 0 Å². The van der Waals surface area contributed by atoms with Gasteiger partial charge in [-0.25, -0.2) is 0 Å². The third kappa shape index (κ3) is 3.68. The van der Waals surface area contributed by atoms with E-state index in [2.05, 4.69) is 27.7 Å². The number of carbonyl (C=O) groups is 2. The first-order valence-corrected chi connectivity index (χ1v) is 12.5. The Labute approximate surface area is 193 Å². The summed E-state index contributed by atoms with van der Waals surface area (Å²) in [4.78, 5) is 24.5. The fraction of sp³-hybridized carbons (Fsp3) is 0.852. The zero-order chi connectivity index (χ0) is 23.7. The Bertz CT molecular complexity index is 830. The van der Waals surface area contributed by atoms with Gasteiger partial charge in [-0.2, -0.15) is 0 Å². The molecule has 0 aromatic rings. The number of fused-ring (bicyclic) bond motifs is 3. The molecule has 0 aromatic carbocycles. The minimum atomic E-state index is -1.09. The van der Waals surface area contributed by atoms with Gasteiger partial charge < -0.3 is 14.9 Å². The second-order valence-electron chi connectivity index (χ2n) is 12.8. The normalized spacial score (nSPS) is 48.3. The summed E-state index contributed by atoms with van der Waals surface area (Å²) in [6, 6.07) is 0. The Hall–Kier alpha value is -1.20. The van der Waals surface area contributed by atoms with E-state index in [1.165, 1.54) is 13.3 Å². The van der Waals surface area contributed by atoms with E-state index in [0.717, 1.165) is 25.7 Å². The third-order valence-electron chi connectivity index (χ3n) is 10.0. The first-order chi connectivity index (χ1) is 14.7. The van der Waals surface area contributed by atoms with Crippen molar-refractivity contribution in [3.63, 3.8) is 0 Å². The first-order valence-electron chi connectivity index (χ1n) is 12.5. The molecule has 180 valence electrons. The van der Waals surface area contributed by atoms with E-state index in [9.17, 15) is 19.8 Å². The Morgan fingerprint density at radius 3 is 2.50 bits per heavy atom. The van der Waals surface area contributed by atoms with E-state index in [4.69, 9.17) is 4.74 Å². The van der Waals surface area contributed by atoms with Gasteiger partial charge in [-0.15, -0.1) is 0 Å². The van der Waals surface area contributed by atoms with E-state index >= 15 is 0 Å². The molecule has 4 aliphatic rings. The van der Waals surface area contributed by atoms with E-state index in [-0.39, 0.29) is 40.5 Å². The number of aliphatic hydroxyl groups excluding tert-OH is 1. The maximum Gasteiger partial charge on any atom is 0.302 e. The Balaban J connectivity index is 1.70. The topological polar surface area (TPSA) is 83.8 Å². The molecule has 0 spiro atoms. The minimum absolute atomic E-state index is 0.0171. The number of esters is 1. The van der Waals surface area contributed by atoms with Crippen LogP contribution in [0.25, 0.3) is 0 Å². The molecule has 0 saturated heterocycles. The summed E-state index contributed by atoms with van der Waals surface area (Å²) in [6.45, 7) is 12.5. The number of rotatable bonds is 2. The number of aliphatic hydroxyl groups is 2. The van der Waals surface area contributed by atoms with Crippen molar-refractivity contribution >= 4 is 11.8 Å². The molecule has 2 N–H and O–H groups in total. The van der Waals surface area contributed by atoms with E-state index in [1.54, 1.807) is 13.0 Å². The largest absolute Gasteiger partial charge is 0.462 e. The standard InChI is InChI=1S/C27H42O5/c1-16-12-20(30)18(13-19(16)29)27(31)11-8-22-25(5,15-27)14-21(32-17(2)28)23-24(3,4)9-7-10-26(22,23)6/h12,18,20-23,30-31H,7-11,13-15H2,1-6H3/t18-,20+,21+,22+,23-,25-,26+,27+/m0/s1. The van der Waals surface area contributed by atoms with Crippen molar-refractivity contribution in [2.24, 2.45) is 34.0 Å². The maximum atomic E-state index is 12.4. The first kappa shape index (κ1) is 23.9. The summed E-state index contributed by atoms with van der Waals surface area (Å²) < 4.78 is 6.01. The van der Waals surface area contributed by atoms with E-state index in [0.29, 0.717) is 30.3 Å². The molecule has 4 aliphatic carbocycles. The van der Waals surface area contributed by atoms with E-state index < -0.39 is 17.6 Å². The maximum absolute atomic E-state index is 12.4. The van der Waals surface area contributed by atoms with Crippen LogP contribution in [-0.4, -0.2) is 39.8 Å². The molecule has 5 heteroatoms. The molecule has 32 heavy (non-hydrogen) atoms. The van der Waals surface area contributed by atoms with Crippen molar-refractivity contribution in [1.82, 2.24) is 0 Å². The van der Waals surface area contributed by atoms with Crippen LogP contribution in [0.5, 0.6) is 0 Å². The predicted molar refractivity (Wildman–Crippen MR) is 123 cm³/mol. The fourth-order valence-corrected chi connectivity index (χ4v) is 9.11. The van der Waals surface area contributed by atoms with Crippen LogP contribution in [0.15, 0.2) is 11.6 Å². The second kappa shape index (κ2) is 7.66. The van der Waals surface area contributed by atoms with Crippen LogP contribution < -0.4 is 0 Å². The highest BCUT2D eigenvalue weighted by molar-refractivity contribution is 5.96. The molecule has 0 heterocycles. The average molecular weight is 447 g/mol. The summed E-state index contributed by atoms with van der Waals surface area (Å²) in [6.07, 6.45) is 7.02. The number of allylic oxidation sites excluding steroid dienone is 1. The van der Waals surface area contributed by atoms with Crippen molar-refractivity contribution < 1.29 is 24.5 Å². The lowest BCUT2D eigenvalue weighted by molar-refractivity contribution is -0.236. The molecule has 0 radical (unpaired) electrons. The highest BCUT2D eigenvalue weighted by atomic mass is 16.5. The van der Waals surface area contributed by atoms with Crippen molar-refractivity contribution in [3.05, 3.63) is 11.6 Å². The van der Waals surface area contributed by atoms with Crippen LogP contribution in [0.1, 0.15) is 92.9 Å². The summed E-state index contributed by atoms with van der Waals surface area (Å²) >= 11 is 0. The van der Waals surface area contributed by atoms with Gasteiger partial charge in [0.2, 0.25) is 0 Å². The quantitative estimate of drug-likeness (QED) is 0.606. The molecular weight excluding hydrogens is 404 g/mol. The Kier molecular flexibility index (Phi) is 5.73. The molecule has 0 aromatic heterocycles. The fourth-order valence-electron chi connectivity index (χ4n) is 9.11. The van der Waals surface area contributed by atoms with Crippen molar-refractivity contribution in [2.45, 2.75) is 111 Å². The molecule has 0 bridgehead atoms. The SMILES string of the molecule is CC(=O)O[C@@H]1C[C@@]2(C)C[C@@](O)([C@H]3CC(=O)C(C)=C[C@H]3O)CC[C@H]2[C@@]2(C)CCCC(C)(C)[C@H]12. The number of ketones is 1. The average Bonchev–Trinajstić information content (AvgIpc) is 2.62. The summed E-state index contributed by atoms with van der Waals surface area (Å²) in [5.41, 5.74) is -0.592. The van der Waals surface area contributed by atoms with Crippen LogP contribution in [0, 0.1) is 34.0 Å². The monoisotopic (exact) mass is 446 g/mol. The number of hydrogen-bond donors (Lipinski definition) is 2. The Morgan fingerprint density at radius 1 is 1.16 bits per heavy atom. The van der Waals surface area contributed by atoms with Crippen LogP contribution in [0.3, 0.4) is 0 Å². The molecule has 0 aliphatic heterocycles. The van der Waals surface area contributed by atoms with Gasteiger partial charge in [-0.1, -0.05) is 34.1 Å². The van der Waals surface area contributed by atoms with Gasteiger partial charge in [0.15, 0.2) is 5.78 Å². The molecule has 0 amide bonds. The molecular formula is C27H42O5. The number of hydrogen-bond acceptors (Lipinski definition) is 5. The summed E-state index contributed by atoms with van der Waals surface area (Å²) in [7, 11) is 0.